The average Bonchev–Trinajstić information content (AvgIpc) is 3.44. The number of Topliss-reactive ketones (excluding diaryl/α,β-unsaturated/α-hetero) is 1. The van der Waals surface area contributed by atoms with Crippen LogP contribution >= 0.6 is 23.2 Å². The van der Waals surface area contributed by atoms with Gasteiger partial charge in [-0.25, -0.2) is 4.39 Å². The fourth-order valence-electron chi connectivity index (χ4n) is 6.11. The van der Waals surface area contributed by atoms with Crippen molar-refractivity contribution in [3.05, 3.63) is 50.8 Å². The number of hydrogen-bond acceptors (Lipinski definition) is 3. The molecule has 200 valence electrons. The van der Waals surface area contributed by atoms with Crippen molar-refractivity contribution >= 4 is 35.0 Å². The van der Waals surface area contributed by atoms with Gasteiger partial charge in [-0.3, -0.25) is 14.3 Å². The number of hydrogen-bond donors (Lipinski definition) is 1. The molecular weight excluding hydrogens is 535 g/mol. The summed E-state index contributed by atoms with van der Waals surface area (Å²) in [6.07, 6.45) is -3.29. The minimum Gasteiger partial charge on any atom is -0.481 e. The van der Waals surface area contributed by atoms with Crippen molar-refractivity contribution in [3.63, 3.8) is 0 Å². The second-order valence-corrected chi connectivity index (χ2v) is 12.0. The number of ketones is 1. The number of halogens is 6. The molecule has 1 spiro atoms. The molecule has 1 aromatic heterocycles. The van der Waals surface area contributed by atoms with Crippen molar-refractivity contribution in [2.24, 2.45) is 10.8 Å². The van der Waals surface area contributed by atoms with E-state index in [-0.39, 0.29) is 65.2 Å². The molecule has 2 aromatic rings. The van der Waals surface area contributed by atoms with E-state index in [1.54, 1.807) is 6.92 Å². The molecule has 3 aliphatic carbocycles. The summed E-state index contributed by atoms with van der Waals surface area (Å²) < 4.78 is 60.8. The molecule has 3 saturated carbocycles. The highest BCUT2D eigenvalue weighted by atomic mass is 35.5. The van der Waals surface area contributed by atoms with Gasteiger partial charge in [-0.15, -0.1) is 0 Å². The number of aliphatic carboxylic acids is 1. The smallest absolute Gasteiger partial charge is 0.433 e. The number of aromatic nitrogens is 2. The van der Waals surface area contributed by atoms with Crippen molar-refractivity contribution in [2.75, 3.05) is 0 Å². The number of carboxylic acids is 1. The van der Waals surface area contributed by atoms with E-state index in [1.165, 1.54) is 18.2 Å². The molecule has 1 N–H and O–H groups in total. The van der Waals surface area contributed by atoms with Crippen LogP contribution in [-0.4, -0.2) is 26.6 Å². The van der Waals surface area contributed by atoms with Crippen LogP contribution in [-0.2, 0) is 23.1 Å². The molecule has 0 atom stereocenters. The van der Waals surface area contributed by atoms with Crippen LogP contribution in [0.4, 0.5) is 17.6 Å². The van der Waals surface area contributed by atoms with Crippen LogP contribution in [0.3, 0.4) is 0 Å². The van der Waals surface area contributed by atoms with Crippen LogP contribution in [0.25, 0.3) is 0 Å². The Hall–Kier alpha value is -2.13. The highest BCUT2D eigenvalue weighted by Gasteiger charge is 2.64. The summed E-state index contributed by atoms with van der Waals surface area (Å²) in [6.45, 7) is 1.57. The summed E-state index contributed by atoms with van der Waals surface area (Å²) in [5.41, 5.74) is -5.40. The van der Waals surface area contributed by atoms with Crippen molar-refractivity contribution in [3.8, 4) is 0 Å². The molecule has 0 radical (unpaired) electrons. The van der Waals surface area contributed by atoms with Gasteiger partial charge < -0.3 is 5.11 Å². The highest BCUT2D eigenvalue weighted by molar-refractivity contribution is 6.39. The molecule has 5 rings (SSSR count). The predicted octanol–water partition coefficient (Wildman–Crippen LogP) is 7.58. The molecule has 0 aliphatic heterocycles. The zero-order valence-corrected chi connectivity index (χ0v) is 21.6. The predicted molar refractivity (Wildman–Crippen MR) is 129 cm³/mol. The molecule has 3 aliphatic rings. The van der Waals surface area contributed by atoms with Crippen molar-refractivity contribution in [1.82, 2.24) is 9.78 Å². The minimum absolute atomic E-state index is 0.00391. The Morgan fingerprint density at radius 1 is 1.11 bits per heavy atom. The largest absolute Gasteiger partial charge is 0.481 e. The number of nitrogens with zero attached hydrogens (tertiary/aromatic N) is 2. The molecule has 0 unspecified atom stereocenters. The van der Waals surface area contributed by atoms with Gasteiger partial charge in [0.1, 0.15) is 11.4 Å². The molecule has 37 heavy (non-hydrogen) atoms. The van der Waals surface area contributed by atoms with E-state index in [0.717, 1.165) is 17.5 Å². The van der Waals surface area contributed by atoms with Crippen LogP contribution < -0.4 is 0 Å². The number of rotatable bonds is 6. The standard InChI is InChI=1S/C26H26Cl2F4N2O3/c1-23(22(36)37)7-5-14(6-8-23)34-21(26(30,31)32)15(11-18(35)19-16(27)3-2-4-17(19)28)20(33-34)25(29)12-24(13-25)9-10-24/h2-4,14H,5-13H2,1H3,(H,36,37). The Balaban J connectivity index is 1.59. The first-order chi connectivity index (χ1) is 17.2. The molecule has 5 nitrogen and oxygen atoms in total. The van der Waals surface area contributed by atoms with E-state index in [9.17, 15) is 27.9 Å². The number of carbonyl (C=O) groups excluding carboxylic acids is 1. The van der Waals surface area contributed by atoms with Gasteiger partial charge in [0, 0.05) is 12.0 Å². The van der Waals surface area contributed by atoms with Gasteiger partial charge in [0.25, 0.3) is 0 Å². The van der Waals surface area contributed by atoms with Crippen LogP contribution in [0.1, 0.15) is 91.6 Å². The normalized spacial score (nSPS) is 26.1. The lowest BCUT2D eigenvalue weighted by Crippen LogP contribution is -2.40. The van der Waals surface area contributed by atoms with E-state index in [1.807, 2.05) is 0 Å². The molecule has 3 fully saturated rings. The van der Waals surface area contributed by atoms with Crippen molar-refractivity contribution < 1.29 is 32.3 Å². The van der Waals surface area contributed by atoms with Gasteiger partial charge in [-0.05, 0) is 75.8 Å². The third-order valence-electron chi connectivity index (χ3n) is 8.47. The Morgan fingerprint density at radius 2 is 1.68 bits per heavy atom. The first-order valence-electron chi connectivity index (χ1n) is 12.3. The zero-order chi connectivity index (χ0) is 27.0. The van der Waals surface area contributed by atoms with E-state index >= 15 is 4.39 Å². The maximum absolute atomic E-state index is 16.1. The van der Waals surface area contributed by atoms with Crippen LogP contribution in [0.2, 0.25) is 10.0 Å². The molecule has 0 amide bonds. The molecular formula is C26H26Cl2F4N2O3. The number of carbonyl (C=O) groups is 2. The summed E-state index contributed by atoms with van der Waals surface area (Å²) in [6, 6.07) is 3.57. The monoisotopic (exact) mass is 560 g/mol. The van der Waals surface area contributed by atoms with Crippen molar-refractivity contribution in [1.29, 1.82) is 0 Å². The fourth-order valence-corrected chi connectivity index (χ4v) is 6.72. The van der Waals surface area contributed by atoms with Crippen LogP contribution in [0.5, 0.6) is 0 Å². The topological polar surface area (TPSA) is 72.2 Å². The minimum atomic E-state index is -4.92. The molecule has 1 aromatic carbocycles. The maximum atomic E-state index is 16.1. The van der Waals surface area contributed by atoms with E-state index in [4.69, 9.17) is 23.2 Å². The zero-order valence-electron chi connectivity index (χ0n) is 20.1. The first-order valence-corrected chi connectivity index (χ1v) is 13.0. The number of benzene rings is 1. The Morgan fingerprint density at radius 3 is 2.16 bits per heavy atom. The third-order valence-corrected chi connectivity index (χ3v) is 9.10. The summed E-state index contributed by atoms with van der Waals surface area (Å²) in [7, 11) is 0. The quantitative estimate of drug-likeness (QED) is 0.292. The van der Waals surface area contributed by atoms with Gasteiger partial charge >= 0.3 is 12.1 Å². The van der Waals surface area contributed by atoms with Gasteiger partial charge in [-0.1, -0.05) is 29.3 Å². The third kappa shape index (κ3) is 4.56. The molecule has 0 saturated heterocycles. The van der Waals surface area contributed by atoms with Crippen molar-refractivity contribution in [2.45, 2.75) is 82.6 Å². The summed E-state index contributed by atoms with van der Waals surface area (Å²) in [5, 5.41) is 13.7. The van der Waals surface area contributed by atoms with E-state index < -0.39 is 52.7 Å². The van der Waals surface area contributed by atoms with Crippen LogP contribution in [0.15, 0.2) is 18.2 Å². The molecule has 11 heteroatoms. The average molecular weight is 561 g/mol. The second kappa shape index (κ2) is 8.70. The molecule has 0 bridgehead atoms. The van der Waals surface area contributed by atoms with Gasteiger partial charge in [0.2, 0.25) is 0 Å². The SMILES string of the molecule is CC1(C(=O)O)CCC(n2nc(C3(F)CC4(CC4)C3)c(CC(=O)c3c(Cl)cccc3Cl)c2C(F)(F)F)CC1. The lowest BCUT2D eigenvalue weighted by molar-refractivity contribution is -0.152. The highest BCUT2D eigenvalue weighted by Crippen LogP contribution is 2.70. The van der Waals surface area contributed by atoms with E-state index in [2.05, 4.69) is 5.10 Å². The lowest BCUT2D eigenvalue weighted by atomic mass is 9.66. The summed E-state index contributed by atoms with van der Waals surface area (Å²) in [4.78, 5) is 24.9. The van der Waals surface area contributed by atoms with Crippen LogP contribution in [0, 0.1) is 10.8 Å². The van der Waals surface area contributed by atoms with Gasteiger partial charge in [0.05, 0.1) is 27.1 Å². The molecule has 1 heterocycles. The first kappa shape index (κ1) is 26.5. The second-order valence-electron chi connectivity index (χ2n) is 11.2. The fraction of sp³-hybridized carbons (Fsp3) is 0.577. The number of carboxylic acid groups (broad SMARTS) is 1. The maximum Gasteiger partial charge on any atom is 0.433 e. The summed E-state index contributed by atoms with van der Waals surface area (Å²) in [5.74, 6) is -1.76. The number of alkyl halides is 4. The Bertz CT molecular complexity index is 1250. The summed E-state index contributed by atoms with van der Waals surface area (Å²) >= 11 is 12.3. The Labute approximate surface area is 221 Å². The lowest BCUT2D eigenvalue weighted by Gasteiger charge is -2.41. The van der Waals surface area contributed by atoms with E-state index in [0.29, 0.717) is 0 Å². The van der Waals surface area contributed by atoms with Gasteiger partial charge in [0.15, 0.2) is 11.5 Å². The Kier molecular flexibility index (Phi) is 6.22. The van der Waals surface area contributed by atoms with Gasteiger partial charge in [-0.2, -0.15) is 18.3 Å².